The van der Waals surface area contributed by atoms with Gasteiger partial charge in [0.15, 0.2) is 0 Å². The summed E-state index contributed by atoms with van der Waals surface area (Å²) in [6, 6.07) is 2.65. The van der Waals surface area contributed by atoms with E-state index in [0.717, 1.165) is 19.5 Å². The average Bonchev–Trinajstić information content (AvgIpc) is 3.08. The van der Waals surface area contributed by atoms with E-state index in [-0.39, 0.29) is 0 Å². The topological polar surface area (TPSA) is 29.9 Å². The lowest BCUT2D eigenvalue weighted by Crippen LogP contribution is -2.31. The van der Waals surface area contributed by atoms with Crippen LogP contribution in [-0.4, -0.2) is 16.3 Å². The normalized spacial score (nSPS) is 19.7. The molecule has 3 heteroatoms. The van der Waals surface area contributed by atoms with E-state index >= 15 is 0 Å². The monoisotopic (exact) mass is 263 g/mol. The van der Waals surface area contributed by atoms with Gasteiger partial charge in [0.05, 0.1) is 5.69 Å². The molecule has 3 nitrogen and oxygen atoms in total. The maximum Gasteiger partial charge on any atom is 0.0762 e. The maximum atomic E-state index is 4.65. The fourth-order valence-corrected chi connectivity index (χ4v) is 3.14. The number of aromatic nitrogens is 2. The van der Waals surface area contributed by atoms with Crippen LogP contribution in [0.1, 0.15) is 71.0 Å². The van der Waals surface area contributed by atoms with E-state index in [1.54, 1.807) is 0 Å². The molecule has 0 amide bonds. The Morgan fingerprint density at radius 2 is 2.11 bits per heavy atom. The molecule has 1 aromatic heterocycles. The van der Waals surface area contributed by atoms with Crippen molar-refractivity contribution in [1.29, 1.82) is 0 Å². The highest BCUT2D eigenvalue weighted by Crippen LogP contribution is 2.40. The van der Waals surface area contributed by atoms with Crippen molar-refractivity contribution in [2.75, 3.05) is 6.54 Å². The zero-order valence-corrected chi connectivity index (χ0v) is 12.8. The summed E-state index contributed by atoms with van der Waals surface area (Å²) in [6.07, 6.45) is 10.2. The van der Waals surface area contributed by atoms with Crippen molar-refractivity contribution in [3.8, 4) is 0 Å². The number of nitrogens with one attached hydrogen (secondary N) is 1. The Morgan fingerprint density at radius 1 is 1.37 bits per heavy atom. The molecule has 1 fully saturated rings. The second-order valence-electron chi connectivity index (χ2n) is 6.21. The van der Waals surface area contributed by atoms with E-state index < -0.39 is 0 Å². The van der Waals surface area contributed by atoms with Crippen LogP contribution in [-0.2, 0) is 6.54 Å². The van der Waals surface area contributed by atoms with Crippen molar-refractivity contribution in [3.05, 3.63) is 18.0 Å². The Hall–Kier alpha value is -0.830. The SMILES string of the molecule is CCC(C)n1ccc(CNCC2(CC)CCCC2)n1. The minimum Gasteiger partial charge on any atom is -0.311 e. The Labute approximate surface area is 117 Å². The molecule has 1 heterocycles. The van der Waals surface area contributed by atoms with E-state index in [0.29, 0.717) is 11.5 Å². The Balaban J connectivity index is 1.80. The van der Waals surface area contributed by atoms with Gasteiger partial charge in [-0.25, -0.2) is 0 Å². The third kappa shape index (κ3) is 3.59. The first-order chi connectivity index (χ1) is 9.19. The molecule has 1 atom stereocenters. The number of rotatable bonds is 7. The molecule has 1 unspecified atom stereocenters. The minimum absolute atomic E-state index is 0.505. The van der Waals surface area contributed by atoms with Crippen molar-refractivity contribution in [1.82, 2.24) is 15.1 Å². The van der Waals surface area contributed by atoms with Crippen molar-refractivity contribution >= 4 is 0 Å². The molecule has 0 radical (unpaired) electrons. The van der Waals surface area contributed by atoms with E-state index in [1.807, 2.05) is 0 Å². The summed E-state index contributed by atoms with van der Waals surface area (Å²) >= 11 is 0. The summed E-state index contributed by atoms with van der Waals surface area (Å²) in [7, 11) is 0. The fraction of sp³-hybridized carbons (Fsp3) is 0.812. The zero-order valence-electron chi connectivity index (χ0n) is 12.8. The van der Waals surface area contributed by atoms with Gasteiger partial charge in [-0.2, -0.15) is 5.10 Å². The van der Waals surface area contributed by atoms with Crippen molar-refractivity contribution in [3.63, 3.8) is 0 Å². The van der Waals surface area contributed by atoms with Crippen LogP contribution in [0.5, 0.6) is 0 Å². The standard InChI is InChI=1S/C16H29N3/c1-4-14(3)19-11-8-15(18-19)12-17-13-16(5-2)9-6-7-10-16/h8,11,14,17H,4-7,9-10,12-13H2,1-3H3. The van der Waals surface area contributed by atoms with E-state index in [4.69, 9.17) is 0 Å². The van der Waals surface area contributed by atoms with Crippen LogP contribution in [0.15, 0.2) is 12.3 Å². The van der Waals surface area contributed by atoms with Crippen LogP contribution in [0.4, 0.5) is 0 Å². The van der Waals surface area contributed by atoms with Crippen LogP contribution in [0.3, 0.4) is 0 Å². The molecule has 1 aliphatic rings. The highest BCUT2D eigenvalue weighted by atomic mass is 15.3. The predicted molar refractivity (Wildman–Crippen MR) is 80.1 cm³/mol. The van der Waals surface area contributed by atoms with E-state index in [1.165, 1.54) is 37.8 Å². The summed E-state index contributed by atoms with van der Waals surface area (Å²) in [5, 5.41) is 8.28. The first-order valence-corrected chi connectivity index (χ1v) is 7.94. The molecular weight excluding hydrogens is 234 g/mol. The van der Waals surface area contributed by atoms with E-state index in [2.05, 4.69) is 48.1 Å². The molecule has 0 bridgehead atoms. The zero-order chi connectivity index (χ0) is 13.7. The lowest BCUT2D eigenvalue weighted by Gasteiger charge is -2.27. The molecule has 0 saturated heterocycles. The summed E-state index contributed by atoms with van der Waals surface area (Å²) in [5.74, 6) is 0. The largest absolute Gasteiger partial charge is 0.311 e. The molecular formula is C16H29N3. The fourth-order valence-electron chi connectivity index (χ4n) is 3.14. The van der Waals surface area contributed by atoms with Gasteiger partial charge >= 0.3 is 0 Å². The predicted octanol–water partition coefficient (Wildman–Crippen LogP) is 3.91. The first-order valence-electron chi connectivity index (χ1n) is 7.94. The van der Waals surface area contributed by atoms with Crippen molar-refractivity contribution < 1.29 is 0 Å². The summed E-state index contributed by atoms with van der Waals surface area (Å²) in [4.78, 5) is 0. The number of hydrogen-bond acceptors (Lipinski definition) is 2. The Morgan fingerprint density at radius 3 is 2.74 bits per heavy atom. The molecule has 1 aromatic rings. The minimum atomic E-state index is 0.505. The van der Waals surface area contributed by atoms with Gasteiger partial charge in [0.2, 0.25) is 0 Å². The van der Waals surface area contributed by atoms with Gasteiger partial charge in [-0.15, -0.1) is 0 Å². The molecule has 19 heavy (non-hydrogen) atoms. The van der Waals surface area contributed by atoms with Gasteiger partial charge < -0.3 is 5.32 Å². The average molecular weight is 263 g/mol. The first kappa shape index (κ1) is 14.6. The van der Waals surface area contributed by atoms with Gasteiger partial charge in [0.25, 0.3) is 0 Å². The lowest BCUT2D eigenvalue weighted by atomic mass is 9.83. The van der Waals surface area contributed by atoms with Gasteiger partial charge in [0.1, 0.15) is 0 Å². The maximum absolute atomic E-state index is 4.65. The molecule has 1 saturated carbocycles. The third-order valence-electron chi connectivity index (χ3n) is 4.93. The van der Waals surface area contributed by atoms with Crippen LogP contribution >= 0.6 is 0 Å². The Bertz CT molecular complexity index is 377. The molecule has 1 aliphatic carbocycles. The number of hydrogen-bond donors (Lipinski definition) is 1. The van der Waals surface area contributed by atoms with Gasteiger partial charge in [0, 0.05) is 25.3 Å². The molecule has 0 aliphatic heterocycles. The van der Waals surface area contributed by atoms with Crippen LogP contribution in [0.2, 0.25) is 0 Å². The number of nitrogens with zero attached hydrogens (tertiary/aromatic N) is 2. The molecule has 0 spiro atoms. The molecule has 1 N–H and O–H groups in total. The van der Waals surface area contributed by atoms with Crippen LogP contribution < -0.4 is 5.32 Å². The quantitative estimate of drug-likeness (QED) is 0.808. The van der Waals surface area contributed by atoms with Crippen LogP contribution in [0, 0.1) is 5.41 Å². The summed E-state index contributed by atoms with van der Waals surface area (Å²) in [6.45, 7) is 8.82. The third-order valence-corrected chi connectivity index (χ3v) is 4.93. The van der Waals surface area contributed by atoms with Crippen molar-refractivity contribution in [2.24, 2.45) is 5.41 Å². The Kier molecular flexibility index (Phi) is 5.03. The van der Waals surface area contributed by atoms with Gasteiger partial charge in [-0.1, -0.05) is 26.7 Å². The van der Waals surface area contributed by atoms with Gasteiger partial charge in [-0.05, 0) is 44.1 Å². The smallest absolute Gasteiger partial charge is 0.0762 e. The molecule has 0 aromatic carbocycles. The molecule has 108 valence electrons. The summed E-state index contributed by atoms with van der Waals surface area (Å²) < 4.78 is 2.09. The second-order valence-corrected chi connectivity index (χ2v) is 6.21. The highest BCUT2D eigenvalue weighted by molar-refractivity contribution is 4.99. The second kappa shape index (κ2) is 6.56. The van der Waals surface area contributed by atoms with E-state index in [9.17, 15) is 0 Å². The lowest BCUT2D eigenvalue weighted by molar-refractivity contribution is 0.267. The van der Waals surface area contributed by atoms with Gasteiger partial charge in [-0.3, -0.25) is 4.68 Å². The highest BCUT2D eigenvalue weighted by Gasteiger charge is 2.31. The molecule has 2 rings (SSSR count). The van der Waals surface area contributed by atoms with Crippen molar-refractivity contribution in [2.45, 2.75) is 71.9 Å². The summed E-state index contributed by atoms with van der Waals surface area (Å²) in [5.41, 5.74) is 1.74. The van der Waals surface area contributed by atoms with Crippen LogP contribution in [0.25, 0.3) is 0 Å².